The highest BCUT2D eigenvalue weighted by molar-refractivity contribution is 6.14. The van der Waals surface area contributed by atoms with Crippen LogP contribution in [0.25, 0.3) is 10.8 Å². The highest BCUT2D eigenvalue weighted by atomic mass is 19.1. The fourth-order valence-electron chi connectivity index (χ4n) is 2.37. The van der Waals surface area contributed by atoms with E-state index in [-0.39, 0.29) is 0 Å². The van der Waals surface area contributed by atoms with Gasteiger partial charge in [0.2, 0.25) is 0 Å². The van der Waals surface area contributed by atoms with Crippen LogP contribution in [0.1, 0.15) is 20.7 Å². The number of aromatic nitrogens is 2. The van der Waals surface area contributed by atoms with E-state index in [9.17, 15) is 36.7 Å². The maximum atomic E-state index is 13.1. The Balaban J connectivity index is 0.000000156. The number of fused-ring (bicyclic) bond motifs is 2. The number of esters is 2. The second-order valence-electron chi connectivity index (χ2n) is 5.14. The highest BCUT2D eigenvalue weighted by Gasteiger charge is 2.35. The molecule has 4 rings (SSSR count). The molecular formula is C16H6F4N2O5. The van der Waals surface area contributed by atoms with E-state index in [1.165, 1.54) is 0 Å². The van der Waals surface area contributed by atoms with Crippen LogP contribution in [0.4, 0.5) is 17.6 Å². The fourth-order valence-corrected chi connectivity index (χ4v) is 2.37. The Hall–Kier alpha value is -3.76. The van der Waals surface area contributed by atoms with E-state index in [1.54, 1.807) is 0 Å². The van der Waals surface area contributed by atoms with Crippen LogP contribution in [-0.4, -0.2) is 22.1 Å². The van der Waals surface area contributed by atoms with Gasteiger partial charge in [0.25, 0.3) is 11.1 Å². The van der Waals surface area contributed by atoms with Crippen LogP contribution >= 0.6 is 0 Å². The Bertz CT molecular complexity index is 1140. The van der Waals surface area contributed by atoms with Crippen molar-refractivity contribution in [2.45, 2.75) is 0 Å². The largest absolute Gasteiger partial charge is 0.385 e. The van der Waals surface area contributed by atoms with Gasteiger partial charge in [-0.2, -0.15) is 0 Å². The molecule has 1 aliphatic rings. The molecule has 0 fully saturated rings. The van der Waals surface area contributed by atoms with Gasteiger partial charge in [-0.1, -0.05) is 0 Å². The summed E-state index contributed by atoms with van der Waals surface area (Å²) in [6.45, 7) is 0. The zero-order valence-corrected chi connectivity index (χ0v) is 12.9. The third kappa shape index (κ3) is 2.99. The molecule has 138 valence electrons. The van der Waals surface area contributed by atoms with E-state index in [4.69, 9.17) is 0 Å². The van der Waals surface area contributed by atoms with Crippen molar-refractivity contribution in [3.05, 3.63) is 79.4 Å². The van der Waals surface area contributed by atoms with Gasteiger partial charge in [0.15, 0.2) is 0 Å². The number of nitrogens with one attached hydrogen (secondary N) is 2. The summed E-state index contributed by atoms with van der Waals surface area (Å²) in [7, 11) is 0. The first kappa shape index (κ1) is 18.0. The maximum absolute atomic E-state index is 13.1. The van der Waals surface area contributed by atoms with Gasteiger partial charge in [0.05, 0.1) is 10.8 Å². The molecule has 3 aromatic rings. The number of carbonyl (C=O) groups is 2. The average molecular weight is 382 g/mol. The van der Waals surface area contributed by atoms with Crippen LogP contribution in [0, 0.1) is 23.3 Å². The quantitative estimate of drug-likeness (QED) is 0.350. The van der Waals surface area contributed by atoms with E-state index < -0.39 is 68.2 Å². The number of hydrogen-bond donors (Lipinski definition) is 2. The highest BCUT2D eigenvalue weighted by Crippen LogP contribution is 2.25. The van der Waals surface area contributed by atoms with Crippen LogP contribution in [-0.2, 0) is 4.74 Å². The predicted molar refractivity (Wildman–Crippen MR) is 81.2 cm³/mol. The van der Waals surface area contributed by atoms with Crippen LogP contribution in [0.3, 0.4) is 0 Å². The summed E-state index contributed by atoms with van der Waals surface area (Å²) in [5.74, 6) is -6.03. The second-order valence-corrected chi connectivity index (χ2v) is 5.14. The molecule has 2 N–H and O–H groups in total. The number of halogens is 4. The van der Waals surface area contributed by atoms with Crippen molar-refractivity contribution in [2.75, 3.05) is 0 Å². The topological polar surface area (TPSA) is 109 Å². The van der Waals surface area contributed by atoms with Gasteiger partial charge in [-0.3, -0.25) is 19.8 Å². The molecule has 2 aromatic carbocycles. The molecular weight excluding hydrogens is 376 g/mol. The monoisotopic (exact) mass is 382 g/mol. The van der Waals surface area contributed by atoms with Gasteiger partial charge in [-0.15, -0.1) is 0 Å². The number of rotatable bonds is 0. The van der Waals surface area contributed by atoms with Crippen LogP contribution in [0.5, 0.6) is 0 Å². The van der Waals surface area contributed by atoms with Crippen molar-refractivity contribution in [1.29, 1.82) is 0 Å². The van der Waals surface area contributed by atoms with Crippen LogP contribution in [0.2, 0.25) is 0 Å². The lowest BCUT2D eigenvalue weighted by molar-refractivity contribution is 0.0441. The molecule has 27 heavy (non-hydrogen) atoms. The summed E-state index contributed by atoms with van der Waals surface area (Å²) < 4.78 is 55.9. The van der Waals surface area contributed by atoms with Gasteiger partial charge in [0, 0.05) is 0 Å². The number of H-pyrrole nitrogens is 2. The first-order valence-electron chi connectivity index (χ1n) is 7.05. The molecule has 7 nitrogen and oxygen atoms in total. The van der Waals surface area contributed by atoms with Gasteiger partial charge in [0.1, 0.15) is 34.4 Å². The van der Waals surface area contributed by atoms with E-state index in [1.807, 2.05) is 10.2 Å². The minimum atomic E-state index is -1.14. The molecule has 2 heterocycles. The Morgan fingerprint density at radius 2 is 0.926 bits per heavy atom. The Labute approximate surface area is 145 Å². The number of ether oxygens (including phenoxy) is 1. The van der Waals surface area contributed by atoms with E-state index >= 15 is 0 Å². The molecule has 0 spiro atoms. The van der Waals surface area contributed by atoms with Crippen molar-refractivity contribution in [2.24, 2.45) is 0 Å². The number of aromatic amines is 2. The normalized spacial score (nSPS) is 12.4. The molecule has 0 unspecified atom stereocenters. The van der Waals surface area contributed by atoms with Crippen LogP contribution in [0.15, 0.2) is 33.9 Å². The average Bonchev–Trinajstić information content (AvgIpc) is 2.93. The fraction of sp³-hybridized carbons (Fsp3) is 0. The van der Waals surface area contributed by atoms with Gasteiger partial charge < -0.3 is 4.74 Å². The second kappa shape index (κ2) is 6.52. The lowest BCUT2D eigenvalue weighted by Gasteiger charge is -1.97. The minimum absolute atomic E-state index is 0.561. The zero-order chi connectivity index (χ0) is 19.9. The summed E-state index contributed by atoms with van der Waals surface area (Å²) in [6, 6.07) is 3.14. The van der Waals surface area contributed by atoms with E-state index in [0.29, 0.717) is 0 Å². The van der Waals surface area contributed by atoms with Gasteiger partial charge in [-0.05, 0) is 24.3 Å². The predicted octanol–water partition coefficient (Wildman–Crippen LogP) is 1.77. The third-order valence-electron chi connectivity index (χ3n) is 3.54. The van der Waals surface area contributed by atoms with Gasteiger partial charge in [-0.25, -0.2) is 27.2 Å². The van der Waals surface area contributed by atoms with Crippen molar-refractivity contribution in [3.8, 4) is 0 Å². The number of hydrogen-bond acceptors (Lipinski definition) is 5. The Morgan fingerprint density at radius 3 is 1.30 bits per heavy atom. The zero-order valence-electron chi connectivity index (χ0n) is 12.9. The van der Waals surface area contributed by atoms with E-state index in [0.717, 1.165) is 24.3 Å². The third-order valence-corrected chi connectivity index (χ3v) is 3.54. The van der Waals surface area contributed by atoms with Crippen molar-refractivity contribution >= 4 is 22.7 Å². The lowest BCUT2D eigenvalue weighted by Crippen LogP contribution is -2.20. The maximum Gasteiger partial charge on any atom is 0.350 e. The number of cyclic esters (lactones) is 2. The standard InChI is InChI=1S/C8H4F2N2O2.C8H2F2O3/c9-3-1-2-4(10)6-5(3)7(13)11-12-8(6)14;9-3-1-2-4(10)6-5(3)7(11)13-8(6)12/h1-2H,(H,11,13)(H,12,14);1-2H. The van der Waals surface area contributed by atoms with Crippen LogP contribution < -0.4 is 11.1 Å². The van der Waals surface area contributed by atoms with Gasteiger partial charge >= 0.3 is 11.9 Å². The lowest BCUT2D eigenvalue weighted by atomic mass is 10.1. The Kier molecular flexibility index (Phi) is 4.35. The summed E-state index contributed by atoms with van der Waals surface area (Å²) in [6.07, 6.45) is 0. The molecule has 1 aliphatic heterocycles. The first-order chi connectivity index (χ1) is 12.7. The Morgan fingerprint density at radius 1 is 0.593 bits per heavy atom. The molecule has 11 heteroatoms. The first-order valence-corrected chi connectivity index (χ1v) is 7.05. The number of carbonyl (C=O) groups excluding carboxylic acids is 2. The van der Waals surface area contributed by atoms with Crippen molar-refractivity contribution < 1.29 is 31.9 Å². The summed E-state index contributed by atoms with van der Waals surface area (Å²) in [5, 5.41) is 2.70. The molecule has 0 radical (unpaired) electrons. The van der Waals surface area contributed by atoms with E-state index in [2.05, 4.69) is 4.74 Å². The molecule has 0 aliphatic carbocycles. The SMILES string of the molecule is O=C1OC(=O)c2c(F)ccc(F)c21.O=c1[nH][nH]c(=O)c2c(F)ccc(F)c12. The summed E-state index contributed by atoms with van der Waals surface area (Å²) in [5.41, 5.74) is -2.97. The number of benzene rings is 2. The summed E-state index contributed by atoms with van der Waals surface area (Å²) >= 11 is 0. The minimum Gasteiger partial charge on any atom is -0.385 e. The van der Waals surface area contributed by atoms with Crippen molar-refractivity contribution in [1.82, 2.24) is 10.2 Å². The summed E-state index contributed by atoms with van der Waals surface area (Å²) in [4.78, 5) is 43.7. The molecule has 1 aromatic heterocycles. The molecule has 0 amide bonds. The molecule has 0 saturated carbocycles. The molecule has 0 saturated heterocycles. The van der Waals surface area contributed by atoms with Crippen molar-refractivity contribution in [3.63, 3.8) is 0 Å². The molecule has 0 bridgehead atoms. The smallest absolute Gasteiger partial charge is 0.350 e. The molecule has 0 atom stereocenters.